The lowest BCUT2D eigenvalue weighted by Gasteiger charge is -1.98. The number of alkyl halides is 1. The van der Waals surface area contributed by atoms with Crippen LogP contribution in [0.5, 0.6) is 0 Å². The van der Waals surface area contributed by atoms with Crippen LogP contribution in [-0.2, 0) is 9.53 Å². The SMILES string of the molecule is CC1=C(CBr)CCC1.COC(=O)C1=C(C)CCC1. The first-order valence-electron chi connectivity index (χ1n) is 6.60. The van der Waals surface area contributed by atoms with Gasteiger partial charge < -0.3 is 4.74 Å². The van der Waals surface area contributed by atoms with Crippen LogP contribution in [0.3, 0.4) is 0 Å². The zero-order valence-corrected chi connectivity index (χ0v) is 13.2. The Kier molecular flexibility index (Phi) is 6.69. The van der Waals surface area contributed by atoms with Gasteiger partial charge in [0.15, 0.2) is 0 Å². The Morgan fingerprint density at radius 3 is 2.06 bits per heavy atom. The molecule has 0 spiro atoms. The van der Waals surface area contributed by atoms with E-state index in [0.717, 1.165) is 30.2 Å². The highest BCUT2D eigenvalue weighted by atomic mass is 79.9. The zero-order chi connectivity index (χ0) is 13.5. The van der Waals surface area contributed by atoms with Gasteiger partial charge in [0.1, 0.15) is 0 Å². The van der Waals surface area contributed by atoms with E-state index in [4.69, 9.17) is 0 Å². The van der Waals surface area contributed by atoms with Gasteiger partial charge in [-0.3, -0.25) is 0 Å². The Hall–Kier alpha value is -0.570. The summed E-state index contributed by atoms with van der Waals surface area (Å²) in [6.45, 7) is 4.24. The smallest absolute Gasteiger partial charge is 0.333 e. The average molecular weight is 315 g/mol. The van der Waals surface area contributed by atoms with Crippen LogP contribution in [0.25, 0.3) is 0 Å². The third-order valence-electron chi connectivity index (χ3n) is 3.72. The number of hydrogen-bond donors (Lipinski definition) is 0. The number of hydrogen-bond acceptors (Lipinski definition) is 2. The molecule has 0 aromatic heterocycles. The van der Waals surface area contributed by atoms with Crippen LogP contribution in [0.1, 0.15) is 52.4 Å². The molecule has 0 N–H and O–H groups in total. The highest BCUT2D eigenvalue weighted by molar-refractivity contribution is 9.09. The van der Waals surface area contributed by atoms with Gasteiger partial charge in [0.05, 0.1) is 7.11 Å². The molecule has 0 atom stereocenters. The second-order valence-corrected chi connectivity index (χ2v) is 5.54. The Morgan fingerprint density at radius 2 is 1.72 bits per heavy atom. The van der Waals surface area contributed by atoms with Gasteiger partial charge in [0.25, 0.3) is 0 Å². The van der Waals surface area contributed by atoms with Crippen molar-refractivity contribution >= 4 is 21.9 Å². The molecule has 0 saturated heterocycles. The molecule has 2 nitrogen and oxygen atoms in total. The van der Waals surface area contributed by atoms with Crippen LogP contribution in [0.15, 0.2) is 22.3 Å². The molecule has 0 aliphatic heterocycles. The van der Waals surface area contributed by atoms with Gasteiger partial charge in [-0.2, -0.15) is 0 Å². The summed E-state index contributed by atoms with van der Waals surface area (Å²) in [5, 5.41) is 1.10. The van der Waals surface area contributed by atoms with Crippen molar-refractivity contribution in [3.8, 4) is 0 Å². The van der Waals surface area contributed by atoms with E-state index in [0.29, 0.717) is 0 Å². The maximum absolute atomic E-state index is 10.9. The minimum atomic E-state index is -0.144. The van der Waals surface area contributed by atoms with E-state index in [1.807, 2.05) is 6.92 Å². The van der Waals surface area contributed by atoms with Gasteiger partial charge in [-0.15, -0.1) is 0 Å². The van der Waals surface area contributed by atoms with Crippen molar-refractivity contribution in [1.82, 2.24) is 0 Å². The van der Waals surface area contributed by atoms with Gasteiger partial charge in [0.2, 0.25) is 0 Å². The fourth-order valence-corrected chi connectivity index (χ4v) is 3.19. The molecule has 0 heterocycles. The minimum Gasteiger partial charge on any atom is -0.466 e. The molecule has 102 valence electrons. The van der Waals surface area contributed by atoms with Crippen molar-refractivity contribution in [2.24, 2.45) is 0 Å². The molecule has 2 rings (SSSR count). The summed E-state index contributed by atoms with van der Waals surface area (Å²) in [5.41, 5.74) is 5.33. The summed E-state index contributed by atoms with van der Waals surface area (Å²) in [5.74, 6) is -0.144. The van der Waals surface area contributed by atoms with Crippen LogP contribution in [0.2, 0.25) is 0 Å². The number of carbonyl (C=O) groups excluding carboxylic acids is 1. The third kappa shape index (κ3) is 4.27. The van der Waals surface area contributed by atoms with Crippen molar-refractivity contribution in [2.75, 3.05) is 12.4 Å². The highest BCUT2D eigenvalue weighted by Gasteiger charge is 2.17. The molecule has 0 aromatic carbocycles. The maximum atomic E-state index is 10.9. The predicted octanol–water partition coefficient (Wildman–Crippen LogP) is 4.54. The largest absolute Gasteiger partial charge is 0.466 e. The van der Waals surface area contributed by atoms with Crippen molar-refractivity contribution < 1.29 is 9.53 Å². The summed E-state index contributed by atoms with van der Waals surface area (Å²) in [7, 11) is 1.43. The van der Waals surface area contributed by atoms with Gasteiger partial charge in [-0.25, -0.2) is 4.79 Å². The summed E-state index contributed by atoms with van der Waals surface area (Å²) in [6, 6.07) is 0. The van der Waals surface area contributed by atoms with Crippen molar-refractivity contribution in [3.05, 3.63) is 22.3 Å². The molecule has 0 aromatic rings. The van der Waals surface area contributed by atoms with Crippen LogP contribution < -0.4 is 0 Å². The first-order chi connectivity index (χ1) is 8.60. The lowest BCUT2D eigenvalue weighted by molar-refractivity contribution is -0.136. The predicted molar refractivity (Wildman–Crippen MR) is 78.9 cm³/mol. The molecule has 2 aliphatic carbocycles. The number of rotatable bonds is 2. The Bertz CT molecular complexity index is 367. The second-order valence-electron chi connectivity index (χ2n) is 4.98. The third-order valence-corrected chi connectivity index (χ3v) is 4.40. The summed E-state index contributed by atoms with van der Waals surface area (Å²) in [6.07, 6.45) is 7.12. The van der Waals surface area contributed by atoms with Crippen molar-refractivity contribution in [1.29, 1.82) is 0 Å². The first kappa shape index (κ1) is 15.5. The van der Waals surface area contributed by atoms with Crippen LogP contribution in [0, 0.1) is 0 Å². The van der Waals surface area contributed by atoms with E-state index >= 15 is 0 Å². The molecule has 0 fully saturated rings. The van der Waals surface area contributed by atoms with Gasteiger partial charge in [-0.05, 0) is 52.4 Å². The van der Waals surface area contributed by atoms with Gasteiger partial charge >= 0.3 is 5.97 Å². The van der Waals surface area contributed by atoms with Crippen LogP contribution >= 0.6 is 15.9 Å². The topological polar surface area (TPSA) is 26.3 Å². The first-order valence-corrected chi connectivity index (χ1v) is 7.72. The quantitative estimate of drug-likeness (QED) is 0.425. The van der Waals surface area contributed by atoms with E-state index < -0.39 is 0 Å². The van der Waals surface area contributed by atoms with Gasteiger partial charge in [-0.1, -0.05) is 32.6 Å². The van der Waals surface area contributed by atoms with E-state index in [-0.39, 0.29) is 5.97 Å². The monoisotopic (exact) mass is 314 g/mol. The second kappa shape index (κ2) is 7.78. The normalized spacial score (nSPS) is 18.9. The Morgan fingerprint density at radius 1 is 1.11 bits per heavy atom. The lowest BCUT2D eigenvalue weighted by atomic mass is 10.2. The minimum absolute atomic E-state index is 0.144. The van der Waals surface area contributed by atoms with E-state index in [1.54, 1.807) is 11.1 Å². The average Bonchev–Trinajstić information content (AvgIpc) is 2.97. The van der Waals surface area contributed by atoms with Crippen LogP contribution in [0.4, 0.5) is 0 Å². The molecule has 0 saturated carbocycles. The molecule has 0 amide bonds. The molecule has 3 heteroatoms. The fraction of sp³-hybridized carbons (Fsp3) is 0.667. The Balaban J connectivity index is 0.000000184. The van der Waals surface area contributed by atoms with E-state index in [1.165, 1.54) is 31.9 Å². The van der Waals surface area contributed by atoms with Crippen molar-refractivity contribution in [3.63, 3.8) is 0 Å². The molecule has 2 aliphatic rings. The summed E-state index contributed by atoms with van der Waals surface area (Å²) >= 11 is 3.46. The number of ether oxygens (including phenoxy) is 1. The highest BCUT2D eigenvalue weighted by Crippen LogP contribution is 2.26. The molecule has 0 unspecified atom stereocenters. The van der Waals surface area contributed by atoms with Gasteiger partial charge in [0, 0.05) is 10.9 Å². The molecule has 18 heavy (non-hydrogen) atoms. The number of halogens is 1. The Labute approximate surface area is 119 Å². The number of carbonyl (C=O) groups is 1. The lowest BCUT2D eigenvalue weighted by Crippen LogP contribution is -2.03. The fourth-order valence-electron chi connectivity index (χ4n) is 2.43. The molecule has 0 radical (unpaired) electrons. The standard InChI is InChI=1S/C8H12O2.C7H11Br/c1-6-4-3-5-7(6)8(9)10-2;1-6-3-2-4-7(6)5-8/h3-5H2,1-2H3;2-5H2,1H3. The van der Waals surface area contributed by atoms with E-state index in [9.17, 15) is 4.79 Å². The number of allylic oxidation sites excluding steroid dienone is 3. The maximum Gasteiger partial charge on any atom is 0.333 e. The molecular formula is C15H23BrO2. The molecule has 0 bridgehead atoms. The molecular weight excluding hydrogens is 292 g/mol. The summed E-state index contributed by atoms with van der Waals surface area (Å²) in [4.78, 5) is 10.9. The summed E-state index contributed by atoms with van der Waals surface area (Å²) < 4.78 is 4.61. The van der Waals surface area contributed by atoms with Crippen LogP contribution in [-0.4, -0.2) is 18.4 Å². The number of esters is 1. The zero-order valence-electron chi connectivity index (χ0n) is 11.6. The van der Waals surface area contributed by atoms with Crippen molar-refractivity contribution in [2.45, 2.75) is 52.4 Å². The number of methoxy groups -OCH3 is 1. The van der Waals surface area contributed by atoms with E-state index in [2.05, 4.69) is 27.6 Å².